The van der Waals surface area contributed by atoms with Crippen molar-refractivity contribution in [2.24, 2.45) is 11.8 Å². The molecule has 0 aliphatic heterocycles. The molecule has 0 radical (unpaired) electrons. The quantitative estimate of drug-likeness (QED) is 0.125. The Balaban J connectivity index is 3.32. The average Bonchev–Trinajstić information content (AvgIpc) is 2.84. The lowest BCUT2D eigenvalue weighted by Crippen LogP contribution is -2.59. The van der Waals surface area contributed by atoms with E-state index in [0.717, 1.165) is 7.11 Å². The molecule has 0 bridgehead atoms. The van der Waals surface area contributed by atoms with E-state index in [-0.39, 0.29) is 48.7 Å². The molecule has 2 N–H and O–H groups in total. The summed E-state index contributed by atoms with van der Waals surface area (Å²) in [6, 6.07) is 3.67. The van der Waals surface area contributed by atoms with E-state index in [9.17, 15) is 24.3 Å². The molecule has 0 saturated heterocycles. The smallest absolute Gasteiger partial charge is 0.477 e. The second-order valence-electron chi connectivity index (χ2n) is 9.87. The highest BCUT2D eigenvalue weighted by Crippen LogP contribution is 2.31. The summed E-state index contributed by atoms with van der Waals surface area (Å²) >= 11 is 0. The van der Waals surface area contributed by atoms with Crippen molar-refractivity contribution in [3.63, 3.8) is 0 Å². The molecule has 0 fully saturated rings. The predicted molar refractivity (Wildman–Crippen MR) is 140 cm³/mol. The standard InChI is InChI=1S/C27H41NO11/c1-8-19(6)28-27(23(29)30,39-24(31)34-7)16-20-9-10-21(37-25(32)35-13-11-17(2)3)22(15-20)38-26(33)36-14-12-18(4)5/h9-10,15,17-19,28H,8,11-14,16H2,1-7H3,(H,29,30)/t19?,27-/m0/s1. The highest BCUT2D eigenvalue weighted by Gasteiger charge is 2.44. The first kappa shape index (κ1) is 33.5. The van der Waals surface area contributed by atoms with Gasteiger partial charge in [0, 0.05) is 12.5 Å². The first-order chi connectivity index (χ1) is 18.3. The Hall–Kier alpha value is -3.54. The van der Waals surface area contributed by atoms with E-state index < -0.39 is 30.2 Å². The second-order valence-corrected chi connectivity index (χ2v) is 9.87. The fourth-order valence-electron chi connectivity index (χ4n) is 3.09. The molecule has 0 aromatic heterocycles. The average molecular weight is 556 g/mol. The van der Waals surface area contributed by atoms with Crippen LogP contribution in [0.5, 0.6) is 11.5 Å². The van der Waals surface area contributed by atoms with E-state index in [2.05, 4.69) is 10.1 Å². The zero-order valence-electron chi connectivity index (χ0n) is 23.7. The van der Waals surface area contributed by atoms with Crippen LogP contribution in [0.2, 0.25) is 0 Å². The SMILES string of the molecule is CCC(C)N[C@@](Cc1ccc(OC(=O)OCCC(C)C)c(OC(=O)OCCC(C)C)c1)(OC(=O)OC)C(=O)O. The van der Waals surface area contributed by atoms with Gasteiger partial charge in [0.25, 0.3) is 5.72 Å². The molecule has 12 nitrogen and oxygen atoms in total. The van der Waals surface area contributed by atoms with Crippen LogP contribution >= 0.6 is 0 Å². The summed E-state index contributed by atoms with van der Waals surface area (Å²) in [5, 5.41) is 12.8. The van der Waals surface area contributed by atoms with Crippen molar-refractivity contribution in [2.45, 2.75) is 79.0 Å². The molecular formula is C27H41NO11. The Morgan fingerprint density at radius 1 is 0.872 bits per heavy atom. The van der Waals surface area contributed by atoms with Crippen LogP contribution in [0.1, 0.15) is 66.4 Å². The lowest BCUT2D eigenvalue weighted by Gasteiger charge is -2.32. The van der Waals surface area contributed by atoms with Crippen LogP contribution in [0.3, 0.4) is 0 Å². The molecule has 0 saturated carbocycles. The number of carboxylic acids is 1. The maximum absolute atomic E-state index is 12.3. The molecule has 0 spiro atoms. The van der Waals surface area contributed by atoms with Crippen LogP contribution in [0.15, 0.2) is 18.2 Å². The Bertz CT molecular complexity index is 963. The molecule has 0 amide bonds. The van der Waals surface area contributed by atoms with Gasteiger partial charge in [-0.15, -0.1) is 0 Å². The molecule has 220 valence electrons. The molecule has 1 unspecified atom stereocenters. The van der Waals surface area contributed by atoms with Gasteiger partial charge in [0.2, 0.25) is 0 Å². The third-order valence-electron chi connectivity index (χ3n) is 5.54. The van der Waals surface area contributed by atoms with E-state index in [1.54, 1.807) is 6.92 Å². The summed E-state index contributed by atoms with van der Waals surface area (Å²) in [4.78, 5) is 48.8. The molecule has 0 aliphatic rings. The van der Waals surface area contributed by atoms with E-state index in [1.807, 2.05) is 34.6 Å². The predicted octanol–water partition coefficient (Wildman–Crippen LogP) is 5.30. The number of benzene rings is 1. The lowest BCUT2D eigenvalue weighted by molar-refractivity contribution is -0.166. The molecule has 1 rings (SSSR count). The number of rotatable bonds is 15. The summed E-state index contributed by atoms with van der Waals surface area (Å²) in [6.45, 7) is 11.7. The minimum atomic E-state index is -2.21. The van der Waals surface area contributed by atoms with Crippen LogP contribution in [-0.4, -0.2) is 61.6 Å². The third kappa shape index (κ3) is 12.2. The number of carbonyl (C=O) groups is 4. The number of nitrogens with one attached hydrogen (secondary N) is 1. The van der Waals surface area contributed by atoms with E-state index in [0.29, 0.717) is 25.2 Å². The number of methoxy groups -OCH3 is 1. The zero-order chi connectivity index (χ0) is 29.6. The van der Waals surface area contributed by atoms with Gasteiger partial charge in [-0.2, -0.15) is 0 Å². The van der Waals surface area contributed by atoms with Crippen LogP contribution in [0, 0.1) is 11.8 Å². The number of hydrogen-bond donors (Lipinski definition) is 2. The van der Waals surface area contributed by atoms with E-state index >= 15 is 0 Å². The van der Waals surface area contributed by atoms with Crippen molar-refractivity contribution in [3.05, 3.63) is 23.8 Å². The molecule has 1 aromatic carbocycles. The Kier molecular flexibility index (Phi) is 14.1. The molecule has 0 heterocycles. The van der Waals surface area contributed by atoms with Gasteiger partial charge in [0.05, 0.1) is 20.3 Å². The lowest BCUT2D eigenvalue weighted by atomic mass is 10.00. The van der Waals surface area contributed by atoms with Crippen molar-refractivity contribution in [3.8, 4) is 11.5 Å². The fourth-order valence-corrected chi connectivity index (χ4v) is 3.09. The number of ether oxygens (including phenoxy) is 6. The molecule has 0 aliphatic carbocycles. The first-order valence-electron chi connectivity index (χ1n) is 12.9. The van der Waals surface area contributed by atoms with Crippen LogP contribution < -0.4 is 14.8 Å². The summed E-state index contributed by atoms with van der Waals surface area (Å²) in [6.07, 6.45) is -1.88. The maximum atomic E-state index is 12.3. The minimum Gasteiger partial charge on any atom is -0.477 e. The van der Waals surface area contributed by atoms with Crippen molar-refractivity contribution >= 4 is 24.4 Å². The maximum Gasteiger partial charge on any atom is 0.513 e. The topological polar surface area (TPSA) is 156 Å². The van der Waals surface area contributed by atoms with Gasteiger partial charge in [-0.3, -0.25) is 5.32 Å². The van der Waals surface area contributed by atoms with Crippen molar-refractivity contribution in [1.82, 2.24) is 5.32 Å². The van der Waals surface area contributed by atoms with E-state index in [1.165, 1.54) is 18.2 Å². The number of aliphatic carboxylic acids is 1. The molecule has 12 heteroatoms. The van der Waals surface area contributed by atoms with Gasteiger partial charge in [-0.25, -0.2) is 19.2 Å². The van der Waals surface area contributed by atoms with Crippen LogP contribution in [-0.2, 0) is 30.2 Å². The summed E-state index contributed by atoms with van der Waals surface area (Å²) in [5.74, 6) is -1.25. The highest BCUT2D eigenvalue weighted by molar-refractivity contribution is 5.80. The van der Waals surface area contributed by atoms with Gasteiger partial charge >= 0.3 is 24.4 Å². The van der Waals surface area contributed by atoms with Crippen molar-refractivity contribution < 1.29 is 52.7 Å². The molecule has 2 atom stereocenters. The van der Waals surface area contributed by atoms with Gasteiger partial charge in [0.15, 0.2) is 11.5 Å². The van der Waals surface area contributed by atoms with Gasteiger partial charge in [-0.05, 0) is 55.7 Å². The van der Waals surface area contributed by atoms with Gasteiger partial charge < -0.3 is 33.5 Å². The highest BCUT2D eigenvalue weighted by atomic mass is 16.8. The molecule has 1 aromatic rings. The molecular weight excluding hydrogens is 514 g/mol. The summed E-state index contributed by atoms with van der Waals surface area (Å²) < 4.78 is 30.4. The first-order valence-corrected chi connectivity index (χ1v) is 12.9. The van der Waals surface area contributed by atoms with Crippen molar-refractivity contribution in [2.75, 3.05) is 20.3 Å². The second kappa shape index (κ2) is 16.4. The molecule has 39 heavy (non-hydrogen) atoms. The third-order valence-corrected chi connectivity index (χ3v) is 5.54. The minimum absolute atomic E-state index is 0.109. The van der Waals surface area contributed by atoms with Crippen LogP contribution in [0.4, 0.5) is 14.4 Å². The Labute approximate surface area is 229 Å². The largest absolute Gasteiger partial charge is 0.513 e. The van der Waals surface area contributed by atoms with Gasteiger partial charge in [0.1, 0.15) is 0 Å². The number of hydrogen-bond acceptors (Lipinski definition) is 11. The van der Waals surface area contributed by atoms with Gasteiger partial charge in [-0.1, -0.05) is 40.7 Å². The number of carboxylic acid groups (broad SMARTS) is 1. The Morgan fingerprint density at radius 2 is 1.41 bits per heavy atom. The number of carbonyl (C=O) groups excluding carboxylic acids is 3. The fraction of sp³-hybridized carbons (Fsp3) is 0.630. The summed E-state index contributed by atoms with van der Waals surface area (Å²) in [5.41, 5.74) is -1.95. The zero-order valence-corrected chi connectivity index (χ0v) is 23.7. The van der Waals surface area contributed by atoms with Crippen molar-refractivity contribution in [1.29, 1.82) is 0 Å². The normalized spacial score (nSPS) is 13.3. The van der Waals surface area contributed by atoms with Crippen LogP contribution in [0.25, 0.3) is 0 Å². The Morgan fingerprint density at radius 3 is 1.87 bits per heavy atom. The van der Waals surface area contributed by atoms with E-state index in [4.69, 9.17) is 23.7 Å². The summed E-state index contributed by atoms with van der Waals surface area (Å²) in [7, 11) is 1.06. The monoisotopic (exact) mass is 555 g/mol.